The Bertz CT molecular complexity index is 491. The average Bonchev–Trinajstić information content (AvgIpc) is 2.30. The third-order valence-corrected chi connectivity index (χ3v) is 2.49. The molecular weight excluding hydrogens is 208 g/mol. The lowest BCUT2D eigenvalue weighted by Crippen LogP contribution is -1.83. The van der Waals surface area contributed by atoms with Crippen LogP contribution in [-0.2, 0) is 4.79 Å². The molecule has 0 N–H and O–H groups in total. The first-order valence-electron chi connectivity index (χ1n) is 4.54. The van der Waals surface area contributed by atoms with Gasteiger partial charge in [0.1, 0.15) is 0 Å². The minimum atomic E-state index is 0.535. The second-order valence-corrected chi connectivity index (χ2v) is 3.57. The topological polar surface area (TPSA) is 17.1 Å². The maximum absolute atomic E-state index is 10.5. The van der Waals surface area contributed by atoms with Crippen LogP contribution in [0.1, 0.15) is 5.56 Å². The Morgan fingerprint density at radius 1 is 1.00 bits per heavy atom. The van der Waals surface area contributed by atoms with Crippen molar-refractivity contribution in [2.75, 3.05) is 0 Å². The molecule has 0 aromatic heterocycles. The van der Waals surface area contributed by atoms with Gasteiger partial charge in [0.2, 0.25) is 6.29 Å². The predicted molar refractivity (Wildman–Crippen MR) is 61.7 cm³/mol. The van der Waals surface area contributed by atoms with Gasteiger partial charge < -0.3 is 0 Å². The summed E-state index contributed by atoms with van der Waals surface area (Å²) in [6, 6.07) is 14.8. The molecule has 15 heavy (non-hydrogen) atoms. The van der Waals surface area contributed by atoms with Crippen molar-refractivity contribution < 1.29 is 4.79 Å². The first-order valence-corrected chi connectivity index (χ1v) is 4.92. The van der Waals surface area contributed by atoms with E-state index in [2.05, 4.69) is 0 Å². The summed E-state index contributed by atoms with van der Waals surface area (Å²) < 4.78 is 0. The minimum Gasteiger partial charge on any atom is -0.285 e. The summed E-state index contributed by atoms with van der Waals surface area (Å²) >= 11 is 6.06. The molecule has 2 rings (SSSR count). The lowest BCUT2D eigenvalue weighted by Gasteiger charge is -2.03. The van der Waals surface area contributed by atoms with Crippen molar-refractivity contribution in [2.45, 2.75) is 0 Å². The zero-order valence-corrected chi connectivity index (χ0v) is 8.66. The summed E-state index contributed by atoms with van der Waals surface area (Å²) in [5.74, 6) is 0. The van der Waals surface area contributed by atoms with Gasteiger partial charge in [-0.3, -0.25) is 4.79 Å². The Morgan fingerprint density at radius 3 is 2.53 bits per heavy atom. The molecule has 0 atom stereocenters. The van der Waals surface area contributed by atoms with Gasteiger partial charge in [-0.25, -0.2) is 0 Å². The molecule has 2 aromatic carbocycles. The summed E-state index contributed by atoms with van der Waals surface area (Å²) in [7, 11) is 0. The molecule has 2 heteroatoms. The van der Waals surface area contributed by atoms with Crippen molar-refractivity contribution in [1.82, 2.24) is 0 Å². The van der Waals surface area contributed by atoms with E-state index in [1.807, 2.05) is 42.7 Å². The van der Waals surface area contributed by atoms with Crippen LogP contribution in [0.25, 0.3) is 11.1 Å². The summed E-state index contributed by atoms with van der Waals surface area (Å²) in [5.41, 5.74) is 2.39. The first-order chi connectivity index (χ1) is 7.31. The van der Waals surface area contributed by atoms with Crippen molar-refractivity contribution in [2.24, 2.45) is 0 Å². The van der Waals surface area contributed by atoms with E-state index in [0.717, 1.165) is 11.1 Å². The SMILES string of the molecule is O=[C]c1cccc(-c2ccccc2Cl)c1. The minimum absolute atomic E-state index is 0.535. The molecule has 0 heterocycles. The monoisotopic (exact) mass is 215 g/mol. The predicted octanol–water partition coefficient (Wildman–Crippen LogP) is 3.46. The smallest absolute Gasteiger partial charge is 0.233 e. The van der Waals surface area contributed by atoms with E-state index >= 15 is 0 Å². The van der Waals surface area contributed by atoms with Gasteiger partial charge in [-0.2, -0.15) is 0 Å². The standard InChI is InChI=1S/C13H8ClO/c14-13-7-2-1-6-12(13)11-5-3-4-10(8-11)9-15/h1-8H. The molecule has 0 bridgehead atoms. The van der Waals surface area contributed by atoms with Crippen LogP contribution in [0.2, 0.25) is 5.02 Å². The first kappa shape index (κ1) is 9.94. The zero-order valence-electron chi connectivity index (χ0n) is 7.91. The Balaban J connectivity index is 2.54. The highest BCUT2D eigenvalue weighted by Gasteiger charge is 2.02. The van der Waals surface area contributed by atoms with Gasteiger partial charge in [0.05, 0.1) is 0 Å². The maximum Gasteiger partial charge on any atom is 0.233 e. The number of carbonyl (C=O) groups excluding carboxylic acids is 1. The largest absolute Gasteiger partial charge is 0.285 e. The molecule has 0 unspecified atom stereocenters. The number of rotatable bonds is 2. The second kappa shape index (κ2) is 4.28. The van der Waals surface area contributed by atoms with Gasteiger partial charge in [-0.05, 0) is 17.7 Å². The highest BCUT2D eigenvalue weighted by molar-refractivity contribution is 6.33. The third-order valence-electron chi connectivity index (χ3n) is 2.17. The van der Waals surface area contributed by atoms with Crippen LogP contribution < -0.4 is 0 Å². The molecule has 0 saturated heterocycles. The van der Waals surface area contributed by atoms with Crippen LogP contribution in [0.3, 0.4) is 0 Å². The van der Waals surface area contributed by atoms with Crippen molar-refractivity contribution in [3.63, 3.8) is 0 Å². The zero-order chi connectivity index (χ0) is 10.7. The molecular formula is C13H8ClO. The van der Waals surface area contributed by atoms with Crippen LogP contribution in [0.5, 0.6) is 0 Å². The molecule has 0 aliphatic rings. The average molecular weight is 216 g/mol. The lowest BCUT2D eigenvalue weighted by molar-refractivity contribution is 0.563. The van der Waals surface area contributed by atoms with E-state index in [4.69, 9.17) is 11.6 Å². The van der Waals surface area contributed by atoms with E-state index in [0.29, 0.717) is 10.6 Å². The normalized spacial score (nSPS) is 9.93. The molecule has 0 aliphatic heterocycles. The fourth-order valence-corrected chi connectivity index (χ4v) is 1.69. The molecule has 2 aromatic rings. The summed E-state index contributed by atoms with van der Waals surface area (Å²) in [4.78, 5) is 10.5. The molecule has 1 radical (unpaired) electrons. The fraction of sp³-hybridized carbons (Fsp3) is 0. The highest BCUT2D eigenvalue weighted by atomic mass is 35.5. The summed E-state index contributed by atoms with van der Waals surface area (Å²) in [5, 5.41) is 0.681. The van der Waals surface area contributed by atoms with Gasteiger partial charge in [-0.1, -0.05) is 48.0 Å². The van der Waals surface area contributed by atoms with Crippen LogP contribution in [0.4, 0.5) is 0 Å². The molecule has 0 amide bonds. The molecule has 0 fully saturated rings. The molecule has 73 valence electrons. The fourth-order valence-electron chi connectivity index (χ4n) is 1.45. The maximum atomic E-state index is 10.5. The molecule has 0 saturated carbocycles. The van der Waals surface area contributed by atoms with Gasteiger partial charge >= 0.3 is 0 Å². The highest BCUT2D eigenvalue weighted by Crippen LogP contribution is 2.27. The van der Waals surface area contributed by atoms with Crippen LogP contribution in [0, 0.1) is 0 Å². The van der Waals surface area contributed by atoms with Gasteiger partial charge in [0.25, 0.3) is 0 Å². The lowest BCUT2D eigenvalue weighted by atomic mass is 10.0. The van der Waals surface area contributed by atoms with Crippen molar-refractivity contribution in [3.05, 3.63) is 59.1 Å². The van der Waals surface area contributed by atoms with Gasteiger partial charge in [-0.15, -0.1) is 0 Å². The Kier molecular flexibility index (Phi) is 2.84. The van der Waals surface area contributed by atoms with Crippen molar-refractivity contribution in [1.29, 1.82) is 0 Å². The Labute approximate surface area is 93.3 Å². The van der Waals surface area contributed by atoms with Gasteiger partial charge in [0, 0.05) is 16.1 Å². The van der Waals surface area contributed by atoms with E-state index in [9.17, 15) is 4.79 Å². The number of halogens is 1. The van der Waals surface area contributed by atoms with Crippen LogP contribution in [-0.4, -0.2) is 6.29 Å². The Hall–Kier alpha value is -1.60. The molecule has 0 spiro atoms. The summed E-state index contributed by atoms with van der Waals surface area (Å²) in [6.45, 7) is 0. The van der Waals surface area contributed by atoms with Crippen LogP contribution >= 0.6 is 11.6 Å². The van der Waals surface area contributed by atoms with E-state index in [1.165, 1.54) is 0 Å². The van der Waals surface area contributed by atoms with Gasteiger partial charge in [0.15, 0.2) is 0 Å². The van der Waals surface area contributed by atoms with Crippen LogP contribution in [0.15, 0.2) is 48.5 Å². The van der Waals surface area contributed by atoms with Crippen molar-refractivity contribution >= 4 is 17.9 Å². The quantitative estimate of drug-likeness (QED) is 0.750. The van der Waals surface area contributed by atoms with E-state index < -0.39 is 0 Å². The van der Waals surface area contributed by atoms with E-state index in [-0.39, 0.29) is 0 Å². The Morgan fingerprint density at radius 2 is 1.80 bits per heavy atom. The second-order valence-electron chi connectivity index (χ2n) is 3.16. The van der Waals surface area contributed by atoms with Crippen molar-refractivity contribution in [3.8, 4) is 11.1 Å². The summed E-state index contributed by atoms with van der Waals surface area (Å²) in [6.07, 6.45) is 1.86. The third kappa shape index (κ3) is 2.08. The molecule has 0 aliphatic carbocycles. The number of hydrogen-bond donors (Lipinski definition) is 0. The number of hydrogen-bond acceptors (Lipinski definition) is 1. The number of benzene rings is 2. The van der Waals surface area contributed by atoms with E-state index in [1.54, 1.807) is 12.1 Å². The molecule has 1 nitrogen and oxygen atoms in total.